The summed E-state index contributed by atoms with van der Waals surface area (Å²) in [6.45, 7) is 0. The second kappa shape index (κ2) is 10.7. The molecule has 0 bridgehead atoms. The molecule has 2 aromatic heterocycles. The van der Waals surface area contributed by atoms with E-state index < -0.39 is 0 Å². The Morgan fingerprint density at radius 2 is 0.750 bits per heavy atom. The highest BCUT2D eigenvalue weighted by molar-refractivity contribution is 6.11. The van der Waals surface area contributed by atoms with Crippen molar-refractivity contribution in [1.82, 2.24) is 0 Å². The van der Waals surface area contributed by atoms with E-state index in [9.17, 15) is 9.59 Å². The van der Waals surface area contributed by atoms with Gasteiger partial charge in [0.1, 0.15) is 22.1 Å². The highest BCUT2D eigenvalue weighted by Crippen LogP contribution is 2.35. The zero-order chi connectivity index (χ0) is 34.5. The molecule has 0 atom stereocenters. The van der Waals surface area contributed by atoms with Crippen molar-refractivity contribution >= 4 is 87.0 Å². The average molecular weight is 667 g/mol. The molecule has 0 aliphatic rings. The first-order valence-electron chi connectivity index (χ1n) is 17.3. The first-order valence-corrected chi connectivity index (χ1v) is 17.3. The van der Waals surface area contributed by atoms with Crippen LogP contribution in [0.4, 0.5) is 0 Å². The lowest BCUT2D eigenvalue weighted by molar-refractivity contribution is 0.649. The van der Waals surface area contributed by atoms with Gasteiger partial charge in [0.2, 0.25) is 10.9 Å². The Labute approximate surface area is 295 Å². The Morgan fingerprint density at radius 1 is 0.308 bits per heavy atom. The van der Waals surface area contributed by atoms with Gasteiger partial charge in [-0.05, 0) is 114 Å². The summed E-state index contributed by atoms with van der Waals surface area (Å²) < 4.78 is 12.9. The Morgan fingerprint density at radius 3 is 1.35 bits per heavy atom. The van der Waals surface area contributed by atoms with Crippen LogP contribution in [-0.2, 0) is 0 Å². The highest BCUT2D eigenvalue weighted by atomic mass is 16.3. The Hall–Kier alpha value is -7.04. The van der Waals surface area contributed by atoms with E-state index in [-0.39, 0.29) is 21.8 Å². The summed E-state index contributed by atoms with van der Waals surface area (Å²) in [7, 11) is 0. The van der Waals surface area contributed by atoms with E-state index in [0.717, 1.165) is 33.0 Å². The second-order valence-corrected chi connectivity index (χ2v) is 13.5. The fraction of sp³-hybridized carbons (Fsp3) is 0. The third-order valence-corrected chi connectivity index (χ3v) is 10.6. The SMILES string of the molecule is O=c1c2ccc(-c3ccc4c(ccc5ccccc54)c3)cc2oc2c1ccc1oc3cc(-c4ccc5c(ccc6ccccc65)c4)ccc3c(=O)c12. The van der Waals surface area contributed by atoms with Crippen LogP contribution < -0.4 is 10.9 Å². The summed E-state index contributed by atoms with van der Waals surface area (Å²) in [6.07, 6.45) is 0. The number of hydrogen-bond acceptors (Lipinski definition) is 4. The highest BCUT2D eigenvalue weighted by Gasteiger charge is 2.18. The van der Waals surface area contributed by atoms with Crippen LogP contribution in [0.2, 0.25) is 0 Å². The van der Waals surface area contributed by atoms with Gasteiger partial charge in [-0.2, -0.15) is 0 Å². The van der Waals surface area contributed by atoms with E-state index in [0.29, 0.717) is 32.9 Å². The third kappa shape index (κ3) is 4.21. The molecule has 0 aliphatic carbocycles. The van der Waals surface area contributed by atoms with Crippen LogP contribution >= 0.6 is 0 Å². The van der Waals surface area contributed by atoms with Crippen LogP contribution in [0.3, 0.4) is 0 Å². The van der Waals surface area contributed by atoms with Crippen LogP contribution in [0, 0.1) is 0 Å². The van der Waals surface area contributed by atoms with E-state index in [1.54, 1.807) is 18.2 Å². The van der Waals surface area contributed by atoms with Crippen molar-refractivity contribution in [1.29, 1.82) is 0 Å². The molecule has 4 nitrogen and oxygen atoms in total. The van der Waals surface area contributed by atoms with Crippen molar-refractivity contribution in [2.24, 2.45) is 0 Å². The molecule has 4 heteroatoms. The van der Waals surface area contributed by atoms with Crippen LogP contribution in [0.15, 0.2) is 176 Å². The first kappa shape index (κ1) is 28.8. The summed E-state index contributed by atoms with van der Waals surface area (Å²) in [5.74, 6) is 0. The third-order valence-electron chi connectivity index (χ3n) is 10.6. The van der Waals surface area contributed by atoms with E-state index in [2.05, 4.69) is 109 Å². The maximum atomic E-state index is 14.2. The molecular weight excluding hydrogens is 641 g/mol. The van der Waals surface area contributed by atoms with Gasteiger partial charge in [-0.3, -0.25) is 9.59 Å². The fourth-order valence-corrected chi connectivity index (χ4v) is 7.99. The molecule has 0 saturated heterocycles. The quantitative estimate of drug-likeness (QED) is 0.136. The summed E-state index contributed by atoms with van der Waals surface area (Å²) >= 11 is 0. The smallest absolute Gasteiger partial charge is 0.204 e. The zero-order valence-electron chi connectivity index (χ0n) is 27.6. The Balaban J connectivity index is 1.05. The maximum Gasteiger partial charge on any atom is 0.204 e. The maximum absolute atomic E-state index is 14.2. The van der Waals surface area contributed by atoms with E-state index in [1.165, 1.54) is 32.3 Å². The molecule has 52 heavy (non-hydrogen) atoms. The molecule has 0 N–H and O–H groups in total. The Kier molecular flexibility index (Phi) is 5.93. The second-order valence-electron chi connectivity index (χ2n) is 13.5. The lowest BCUT2D eigenvalue weighted by atomic mass is 9.96. The predicted molar refractivity (Wildman–Crippen MR) is 214 cm³/mol. The molecular formula is C48H26O4. The van der Waals surface area contributed by atoms with Crippen LogP contribution in [0.25, 0.3) is 109 Å². The van der Waals surface area contributed by atoms with Crippen LogP contribution in [0.1, 0.15) is 0 Å². The predicted octanol–water partition coefficient (Wildman–Crippen LogP) is 12.2. The Bertz CT molecular complexity index is 3460. The van der Waals surface area contributed by atoms with Gasteiger partial charge in [-0.25, -0.2) is 0 Å². The molecule has 0 unspecified atom stereocenters. The van der Waals surface area contributed by atoms with Crippen molar-refractivity contribution in [3.8, 4) is 22.3 Å². The zero-order valence-corrected chi connectivity index (χ0v) is 27.6. The van der Waals surface area contributed by atoms with Crippen molar-refractivity contribution in [2.75, 3.05) is 0 Å². The molecule has 11 rings (SSSR count). The fourth-order valence-electron chi connectivity index (χ4n) is 7.99. The van der Waals surface area contributed by atoms with Crippen molar-refractivity contribution in [3.63, 3.8) is 0 Å². The number of fused-ring (bicyclic) bond motifs is 11. The molecule has 0 amide bonds. The van der Waals surface area contributed by atoms with Gasteiger partial charge >= 0.3 is 0 Å². The molecule has 0 aliphatic heterocycles. The number of benzene rings is 9. The lowest BCUT2D eigenvalue weighted by Gasteiger charge is -2.10. The van der Waals surface area contributed by atoms with Crippen LogP contribution in [0.5, 0.6) is 0 Å². The normalized spacial score (nSPS) is 12.0. The minimum atomic E-state index is -0.237. The average Bonchev–Trinajstić information content (AvgIpc) is 3.20. The van der Waals surface area contributed by atoms with Gasteiger partial charge in [0.05, 0.1) is 16.2 Å². The molecule has 11 aromatic rings. The van der Waals surface area contributed by atoms with Gasteiger partial charge in [0.15, 0.2) is 5.58 Å². The van der Waals surface area contributed by atoms with Crippen molar-refractivity contribution < 1.29 is 8.83 Å². The number of hydrogen-bond donors (Lipinski definition) is 0. The van der Waals surface area contributed by atoms with Gasteiger partial charge in [0, 0.05) is 0 Å². The minimum absolute atomic E-state index is 0.186. The molecule has 0 fully saturated rings. The summed E-state index contributed by atoms with van der Waals surface area (Å²) in [5.41, 5.74) is 4.96. The summed E-state index contributed by atoms with van der Waals surface area (Å²) in [4.78, 5) is 28.0. The van der Waals surface area contributed by atoms with Crippen molar-refractivity contribution in [3.05, 3.63) is 178 Å². The molecule has 2 heterocycles. The van der Waals surface area contributed by atoms with E-state index >= 15 is 0 Å². The van der Waals surface area contributed by atoms with Crippen molar-refractivity contribution in [2.45, 2.75) is 0 Å². The summed E-state index contributed by atoms with van der Waals surface area (Å²) in [6, 6.07) is 52.9. The standard InChI is InChI=1S/C48H26O4/c49-46-39-19-15-32(30-14-18-38-34(24-30)12-10-28-6-2-4-8-36(28)38)26-44(39)52-48-41(46)21-22-42-45(48)47(50)40-20-16-31(25-43(40)51-42)29-13-17-37-33(23-29)11-9-27-5-1-3-7-35(27)37/h1-26H. The topological polar surface area (TPSA) is 60.4 Å². The number of rotatable bonds is 2. The van der Waals surface area contributed by atoms with Gasteiger partial charge < -0.3 is 8.83 Å². The van der Waals surface area contributed by atoms with Gasteiger partial charge in [0.25, 0.3) is 0 Å². The molecule has 242 valence electrons. The molecule has 0 radical (unpaired) electrons. The van der Waals surface area contributed by atoms with E-state index in [4.69, 9.17) is 8.83 Å². The molecule has 9 aromatic carbocycles. The van der Waals surface area contributed by atoms with Gasteiger partial charge in [-0.1, -0.05) is 109 Å². The minimum Gasteiger partial charge on any atom is -0.456 e. The largest absolute Gasteiger partial charge is 0.456 e. The monoisotopic (exact) mass is 666 g/mol. The lowest BCUT2D eigenvalue weighted by Crippen LogP contribution is -2.07. The summed E-state index contributed by atoms with van der Waals surface area (Å²) in [5, 5.41) is 11.0. The molecule has 0 spiro atoms. The molecule has 0 saturated carbocycles. The van der Waals surface area contributed by atoms with Gasteiger partial charge in [-0.15, -0.1) is 0 Å². The van der Waals surface area contributed by atoms with Crippen LogP contribution in [-0.4, -0.2) is 0 Å². The van der Waals surface area contributed by atoms with E-state index in [1.807, 2.05) is 30.3 Å². The first-order chi connectivity index (χ1) is 25.6.